The van der Waals surface area contributed by atoms with E-state index in [2.05, 4.69) is 0 Å². The van der Waals surface area contributed by atoms with E-state index in [1.807, 2.05) is 19.1 Å². The van der Waals surface area contributed by atoms with Crippen LogP contribution in [0.3, 0.4) is 0 Å². The number of benzene rings is 2. The van der Waals surface area contributed by atoms with Crippen molar-refractivity contribution in [1.29, 1.82) is 0 Å². The monoisotopic (exact) mass is 306 g/mol. The topological polar surface area (TPSA) is 51.2 Å². The molecule has 0 heterocycles. The average Bonchev–Trinajstić information content (AvgIpc) is 2.38. The molecule has 3 nitrogen and oxygen atoms in total. The molecule has 2 aromatic rings. The van der Waals surface area contributed by atoms with Crippen LogP contribution in [0.4, 0.5) is 0 Å². The Morgan fingerprint density at radius 2 is 1.60 bits per heavy atom. The molecule has 0 atom stereocenters. The minimum atomic E-state index is -3.16. The number of carbonyl (C=O) groups is 1. The van der Waals surface area contributed by atoms with Gasteiger partial charge in [-0.15, -0.1) is 0 Å². The molecular weight excluding hydrogens is 292 g/mol. The lowest BCUT2D eigenvalue weighted by atomic mass is 10.1. The molecule has 0 fully saturated rings. The Hall–Kier alpha value is -1.59. The minimum absolute atomic E-state index is 0.314. The Bertz CT molecular complexity index is 732. The normalized spacial score (nSPS) is 11.3. The zero-order valence-electron chi connectivity index (χ0n) is 11.2. The van der Waals surface area contributed by atoms with Crippen molar-refractivity contribution in [1.82, 2.24) is 0 Å². The van der Waals surface area contributed by atoms with Crippen LogP contribution in [0.1, 0.15) is 15.9 Å². The van der Waals surface area contributed by atoms with Crippen LogP contribution >= 0.6 is 11.8 Å². The summed E-state index contributed by atoms with van der Waals surface area (Å²) in [4.78, 5) is 13.0. The first kappa shape index (κ1) is 14.8. The highest BCUT2D eigenvalue weighted by molar-refractivity contribution is 7.99. The molecule has 0 saturated heterocycles. The summed E-state index contributed by atoms with van der Waals surface area (Å²) >= 11 is 1.53. The number of hydrogen-bond donors (Lipinski definition) is 0. The number of carbonyl (C=O) groups excluding carboxylic acids is 1. The maximum atomic E-state index is 11.4. The fourth-order valence-corrected chi connectivity index (χ4v) is 3.28. The summed E-state index contributed by atoms with van der Waals surface area (Å²) in [5.41, 5.74) is 1.61. The van der Waals surface area contributed by atoms with E-state index in [1.165, 1.54) is 18.0 Å². The van der Waals surface area contributed by atoms with Crippen molar-refractivity contribution < 1.29 is 13.2 Å². The Kier molecular flexibility index (Phi) is 4.30. The fourth-order valence-electron chi connectivity index (χ4n) is 1.73. The number of aryl methyl sites for hydroxylation is 1. The first-order valence-electron chi connectivity index (χ1n) is 5.94. The van der Waals surface area contributed by atoms with Gasteiger partial charge >= 0.3 is 0 Å². The highest BCUT2D eigenvalue weighted by Gasteiger charge is 2.07. The summed E-state index contributed by atoms with van der Waals surface area (Å²) in [5, 5.41) is 0. The standard InChI is InChI=1S/C15H14O3S2/c1-11-9-14(4-3-12(11)10-16)19-13-5-7-15(8-6-13)20(2,17)18/h3-10H,1-2H3. The molecule has 2 aromatic carbocycles. The fraction of sp³-hybridized carbons (Fsp3) is 0.133. The van der Waals surface area contributed by atoms with E-state index in [9.17, 15) is 13.2 Å². The third-order valence-electron chi connectivity index (χ3n) is 2.86. The Balaban J connectivity index is 2.22. The van der Waals surface area contributed by atoms with Crippen LogP contribution in [0.25, 0.3) is 0 Å². The van der Waals surface area contributed by atoms with E-state index in [-0.39, 0.29) is 0 Å². The molecule has 0 radical (unpaired) electrons. The van der Waals surface area contributed by atoms with Gasteiger partial charge in [0.2, 0.25) is 0 Å². The van der Waals surface area contributed by atoms with Crippen LogP contribution in [0, 0.1) is 6.92 Å². The Labute approximate surface area is 122 Å². The molecule has 2 rings (SSSR count). The largest absolute Gasteiger partial charge is 0.298 e. The summed E-state index contributed by atoms with van der Waals surface area (Å²) in [6.45, 7) is 1.89. The molecule has 20 heavy (non-hydrogen) atoms. The van der Waals surface area contributed by atoms with Crippen LogP contribution in [0.15, 0.2) is 57.2 Å². The van der Waals surface area contributed by atoms with E-state index >= 15 is 0 Å². The molecule has 0 aliphatic heterocycles. The second-order valence-corrected chi connectivity index (χ2v) is 7.64. The molecule has 104 valence electrons. The molecule has 0 spiro atoms. The van der Waals surface area contributed by atoms with Gasteiger partial charge in [0.05, 0.1) is 4.90 Å². The van der Waals surface area contributed by atoms with Gasteiger partial charge in [-0.1, -0.05) is 17.8 Å². The highest BCUT2D eigenvalue weighted by Crippen LogP contribution is 2.29. The van der Waals surface area contributed by atoms with Crippen LogP contribution in [0.2, 0.25) is 0 Å². The summed E-state index contributed by atoms with van der Waals surface area (Å²) in [6, 6.07) is 12.4. The molecule has 0 bridgehead atoms. The predicted octanol–water partition coefficient (Wildman–Crippen LogP) is 3.36. The molecule has 0 saturated carbocycles. The SMILES string of the molecule is Cc1cc(Sc2ccc(S(C)(=O)=O)cc2)ccc1C=O. The van der Waals surface area contributed by atoms with Gasteiger partial charge in [0.15, 0.2) is 9.84 Å². The second kappa shape index (κ2) is 5.81. The summed E-state index contributed by atoms with van der Waals surface area (Å²) in [7, 11) is -3.16. The molecule has 5 heteroatoms. The third kappa shape index (κ3) is 3.49. The van der Waals surface area contributed by atoms with Crippen molar-refractivity contribution in [3.63, 3.8) is 0 Å². The van der Waals surface area contributed by atoms with Crippen molar-refractivity contribution in [3.8, 4) is 0 Å². The van der Waals surface area contributed by atoms with Crippen LogP contribution in [-0.4, -0.2) is 21.0 Å². The van der Waals surface area contributed by atoms with Gasteiger partial charge in [0.25, 0.3) is 0 Å². The number of rotatable bonds is 4. The summed E-state index contributed by atoms with van der Waals surface area (Å²) in [6.07, 6.45) is 2.03. The predicted molar refractivity (Wildman–Crippen MR) is 80.2 cm³/mol. The van der Waals surface area contributed by atoms with E-state index in [4.69, 9.17) is 0 Å². The molecule has 0 aromatic heterocycles. The average molecular weight is 306 g/mol. The highest BCUT2D eigenvalue weighted by atomic mass is 32.2. The Morgan fingerprint density at radius 1 is 1.00 bits per heavy atom. The maximum Gasteiger partial charge on any atom is 0.175 e. The first-order chi connectivity index (χ1) is 9.40. The third-order valence-corrected chi connectivity index (χ3v) is 4.98. The van der Waals surface area contributed by atoms with E-state index in [0.29, 0.717) is 10.5 Å². The van der Waals surface area contributed by atoms with E-state index < -0.39 is 9.84 Å². The molecule has 0 amide bonds. The lowest BCUT2D eigenvalue weighted by Crippen LogP contribution is -1.95. The first-order valence-corrected chi connectivity index (χ1v) is 8.65. The summed E-state index contributed by atoms with van der Waals surface area (Å²) < 4.78 is 22.8. The lowest BCUT2D eigenvalue weighted by Gasteiger charge is -2.05. The van der Waals surface area contributed by atoms with E-state index in [0.717, 1.165) is 21.6 Å². The van der Waals surface area contributed by atoms with Gasteiger partial charge in [0.1, 0.15) is 6.29 Å². The van der Waals surface area contributed by atoms with Gasteiger partial charge in [-0.2, -0.15) is 0 Å². The van der Waals surface area contributed by atoms with Crippen molar-refractivity contribution in [2.24, 2.45) is 0 Å². The maximum absolute atomic E-state index is 11.4. The summed E-state index contributed by atoms with van der Waals surface area (Å²) in [5.74, 6) is 0. The van der Waals surface area contributed by atoms with E-state index in [1.54, 1.807) is 30.3 Å². The molecule has 0 unspecified atom stereocenters. The number of sulfone groups is 1. The van der Waals surface area contributed by atoms with Crippen LogP contribution in [0.5, 0.6) is 0 Å². The van der Waals surface area contributed by atoms with Crippen molar-refractivity contribution in [2.45, 2.75) is 21.6 Å². The van der Waals surface area contributed by atoms with Gasteiger partial charge in [-0.25, -0.2) is 8.42 Å². The molecule has 0 N–H and O–H groups in total. The molecule has 0 aliphatic rings. The van der Waals surface area contributed by atoms with Crippen molar-refractivity contribution in [3.05, 3.63) is 53.6 Å². The zero-order valence-corrected chi connectivity index (χ0v) is 12.8. The van der Waals surface area contributed by atoms with Crippen molar-refractivity contribution >= 4 is 27.9 Å². The lowest BCUT2D eigenvalue weighted by molar-refractivity contribution is 0.112. The van der Waals surface area contributed by atoms with Crippen LogP contribution < -0.4 is 0 Å². The second-order valence-electron chi connectivity index (χ2n) is 4.48. The Morgan fingerprint density at radius 3 is 2.10 bits per heavy atom. The van der Waals surface area contributed by atoms with Crippen LogP contribution in [-0.2, 0) is 9.84 Å². The van der Waals surface area contributed by atoms with Gasteiger partial charge in [0, 0.05) is 21.6 Å². The number of aldehydes is 1. The minimum Gasteiger partial charge on any atom is -0.298 e. The molecular formula is C15H14O3S2. The smallest absolute Gasteiger partial charge is 0.175 e. The van der Waals surface area contributed by atoms with Crippen molar-refractivity contribution in [2.75, 3.05) is 6.26 Å². The molecule has 0 aliphatic carbocycles. The number of hydrogen-bond acceptors (Lipinski definition) is 4. The van der Waals surface area contributed by atoms with Gasteiger partial charge in [-0.3, -0.25) is 4.79 Å². The van der Waals surface area contributed by atoms with Gasteiger partial charge < -0.3 is 0 Å². The quantitative estimate of drug-likeness (QED) is 0.813. The zero-order chi connectivity index (χ0) is 14.8. The van der Waals surface area contributed by atoms with Gasteiger partial charge in [-0.05, 0) is 48.9 Å².